The van der Waals surface area contributed by atoms with Gasteiger partial charge in [-0.3, -0.25) is 0 Å². The fourth-order valence-electron chi connectivity index (χ4n) is 1.54. The van der Waals surface area contributed by atoms with E-state index in [9.17, 15) is 4.21 Å². The molecule has 0 aliphatic carbocycles. The topological polar surface area (TPSA) is 64.7 Å². The molecule has 1 aliphatic rings. The van der Waals surface area contributed by atoms with Gasteiger partial charge in [0.25, 0.3) is 0 Å². The molecular formula is C12H6N2OS2. The van der Waals surface area contributed by atoms with Crippen molar-refractivity contribution in [3.63, 3.8) is 0 Å². The van der Waals surface area contributed by atoms with Crippen LogP contribution in [0.1, 0.15) is 5.56 Å². The summed E-state index contributed by atoms with van der Waals surface area (Å²) >= 11 is 0. The van der Waals surface area contributed by atoms with Gasteiger partial charge in [-0.25, -0.2) is 4.21 Å². The minimum Gasteiger partial charge on any atom is -0.205 e. The van der Waals surface area contributed by atoms with Crippen LogP contribution in [0.25, 0.3) is 4.91 Å². The van der Waals surface area contributed by atoms with E-state index < -0.39 is 9.45 Å². The Morgan fingerprint density at radius 2 is 1.82 bits per heavy atom. The monoisotopic (exact) mass is 258 g/mol. The molecule has 1 heterocycles. The van der Waals surface area contributed by atoms with E-state index in [4.69, 9.17) is 10.5 Å². The molecule has 1 aromatic rings. The summed E-state index contributed by atoms with van der Waals surface area (Å²) in [5.41, 5.74) is 1.25. The molecule has 1 aromatic carbocycles. The number of hydrogen-bond acceptors (Lipinski definition) is 3. The Balaban J connectivity index is 2.67. The highest BCUT2D eigenvalue weighted by Gasteiger charge is 2.23. The SMILES string of the molecule is N#CC1=CC(C#N)=C(c2ccccc2)S1=S=O. The summed E-state index contributed by atoms with van der Waals surface area (Å²) in [6.45, 7) is 0. The molecule has 1 aliphatic heterocycles. The second-order valence-electron chi connectivity index (χ2n) is 3.18. The van der Waals surface area contributed by atoms with E-state index in [-0.39, 0.29) is 0 Å². The first-order chi connectivity index (χ1) is 8.31. The van der Waals surface area contributed by atoms with Gasteiger partial charge >= 0.3 is 0 Å². The molecule has 1 atom stereocenters. The van der Waals surface area contributed by atoms with Crippen LogP contribution in [0, 0.1) is 22.7 Å². The lowest BCUT2D eigenvalue weighted by Gasteiger charge is -2.04. The molecule has 1 unspecified atom stereocenters. The Morgan fingerprint density at radius 3 is 2.35 bits per heavy atom. The van der Waals surface area contributed by atoms with Gasteiger partial charge in [0.1, 0.15) is 22.4 Å². The Bertz CT molecular complexity index is 669. The second-order valence-corrected chi connectivity index (χ2v) is 6.11. The zero-order valence-corrected chi connectivity index (χ0v) is 10.2. The fraction of sp³-hybridized carbons (Fsp3) is 0. The van der Waals surface area contributed by atoms with Crippen molar-refractivity contribution in [2.24, 2.45) is 0 Å². The zero-order valence-electron chi connectivity index (χ0n) is 8.58. The molecule has 0 radical (unpaired) electrons. The predicted molar refractivity (Wildman–Crippen MR) is 68.2 cm³/mol. The third-order valence-electron chi connectivity index (χ3n) is 2.24. The average Bonchev–Trinajstić information content (AvgIpc) is 2.77. The smallest absolute Gasteiger partial charge is 0.131 e. The predicted octanol–water partition coefficient (Wildman–Crippen LogP) is 2.09. The quantitative estimate of drug-likeness (QED) is 0.774. The lowest BCUT2D eigenvalue weighted by molar-refractivity contribution is 0.701. The van der Waals surface area contributed by atoms with E-state index in [0.717, 1.165) is 5.56 Å². The van der Waals surface area contributed by atoms with Crippen LogP contribution in [0.5, 0.6) is 0 Å². The number of nitriles is 2. The molecule has 0 fully saturated rings. The van der Waals surface area contributed by atoms with Crippen LogP contribution in [0.4, 0.5) is 0 Å². The van der Waals surface area contributed by atoms with Gasteiger partial charge in [-0.15, -0.1) is 0 Å². The van der Waals surface area contributed by atoms with E-state index in [0.29, 0.717) is 25.6 Å². The lowest BCUT2D eigenvalue weighted by atomic mass is 10.1. The van der Waals surface area contributed by atoms with E-state index >= 15 is 0 Å². The molecule has 0 N–H and O–H groups in total. The molecule has 82 valence electrons. The van der Waals surface area contributed by atoms with Crippen LogP contribution in [0.15, 0.2) is 46.9 Å². The molecule has 0 bridgehead atoms. The van der Waals surface area contributed by atoms with Gasteiger partial charge in [0.05, 0.1) is 10.5 Å². The van der Waals surface area contributed by atoms with Crippen LogP contribution in [0.2, 0.25) is 0 Å². The highest BCUT2D eigenvalue weighted by Crippen LogP contribution is 2.33. The summed E-state index contributed by atoms with van der Waals surface area (Å²) in [6.07, 6.45) is 1.51. The minimum atomic E-state index is -0.873. The largest absolute Gasteiger partial charge is 0.205 e. The first-order valence-corrected chi connectivity index (χ1v) is 7.16. The third-order valence-corrected chi connectivity index (χ3v) is 5.26. The second kappa shape index (κ2) is 4.92. The van der Waals surface area contributed by atoms with Gasteiger partial charge in [-0.1, -0.05) is 30.3 Å². The number of rotatable bonds is 1. The van der Waals surface area contributed by atoms with Gasteiger partial charge in [0.2, 0.25) is 0 Å². The van der Waals surface area contributed by atoms with E-state index in [1.807, 2.05) is 42.5 Å². The van der Waals surface area contributed by atoms with Crippen LogP contribution >= 0.6 is 0 Å². The first-order valence-electron chi connectivity index (χ1n) is 4.68. The molecule has 0 spiro atoms. The number of nitrogens with zero attached hydrogens (tertiary/aromatic N) is 2. The van der Waals surface area contributed by atoms with Gasteiger partial charge in [-0.05, 0) is 21.1 Å². The van der Waals surface area contributed by atoms with Crippen molar-refractivity contribution in [2.45, 2.75) is 0 Å². The van der Waals surface area contributed by atoms with Crippen molar-refractivity contribution >= 4 is 24.6 Å². The van der Waals surface area contributed by atoms with Gasteiger partial charge in [0.15, 0.2) is 0 Å². The molecule has 0 aromatic heterocycles. The van der Waals surface area contributed by atoms with Crippen LogP contribution < -0.4 is 0 Å². The summed E-state index contributed by atoms with van der Waals surface area (Å²) in [6, 6.07) is 13.3. The van der Waals surface area contributed by atoms with Crippen LogP contribution in [-0.4, -0.2) is 4.21 Å². The highest BCUT2D eigenvalue weighted by molar-refractivity contribution is 8.38. The van der Waals surface area contributed by atoms with E-state index in [2.05, 4.69) is 0 Å². The maximum atomic E-state index is 11.1. The summed E-state index contributed by atoms with van der Waals surface area (Å²) in [4.78, 5) is 1.05. The molecule has 5 heteroatoms. The van der Waals surface area contributed by atoms with Crippen LogP contribution in [0.3, 0.4) is 0 Å². The van der Waals surface area contributed by atoms with Crippen molar-refractivity contribution in [3.8, 4) is 12.1 Å². The molecular weight excluding hydrogens is 252 g/mol. The molecule has 17 heavy (non-hydrogen) atoms. The molecule has 0 saturated carbocycles. The maximum absolute atomic E-state index is 11.1. The maximum Gasteiger partial charge on any atom is 0.131 e. The average molecular weight is 258 g/mol. The summed E-state index contributed by atoms with van der Waals surface area (Å²) < 4.78 is 11.1. The third kappa shape index (κ3) is 1.99. The molecule has 0 saturated heterocycles. The van der Waals surface area contributed by atoms with Crippen molar-refractivity contribution in [1.82, 2.24) is 0 Å². The first kappa shape index (κ1) is 11.5. The Kier molecular flexibility index (Phi) is 3.34. The summed E-state index contributed by atoms with van der Waals surface area (Å²) in [7, 11) is -0.507. The molecule has 3 nitrogen and oxygen atoms in total. The zero-order chi connectivity index (χ0) is 12.3. The van der Waals surface area contributed by atoms with Crippen molar-refractivity contribution in [1.29, 1.82) is 10.5 Å². The Labute approximate surface area is 104 Å². The lowest BCUT2D eigenvalue weighted by Crippen LogP contribution is -1.92. The highest BCUT2D eigenvalue weighted by atomic mass is 32.8. The Morgan fingerprint density at radius 1 is 1.12 bits per heavy atom. The summed E-state index contributed by atoms with van der Waals surface area (Å²) in [5.74, 6) is 0. The van der Waals surface area contributed by atoms with Gasteiger partial charge < -0.3 is 0 Å². The fourth-order valence-corrected chi connectivity index (χ4v) is 4.10. The normalized spacial score (nSPS) is 18.2. The van der Waals surface area contributed by atoms with Crippen molar-refractivity contribution in [2.75, 3.05) is 0 Å². The van der Waals surface area contributed by atoms with Crippen molar-refractivity contribution < 1.29 is 4.21 Å². The van der Waals surface area contributed by atoms with Gasteiger partial charge in [-0.2, -0.15) is 10.5 Å². The minimum absolute atomic E-state index is 0.365. The van der Waals surface area contributed by atoms with E-state index in [1.165, 1.54) is 6.08 Å². The number of benzene rings is 1. The van der Waals surface area contributed by atoms with Gasteiger partial charge in [0, 0.05) is 4.91 Å². The van der Waals surface area contributed by atoms with E-state index in [1.54, 1.807) is 0 Å². The number of allylic oxidation sites excluding steroid dienone is 3. The van der Waals surface area contributed by atoms with Crippen LogP contribution in [-0.2, 0) is 19.7 Å². The number of hydrogen-bond donors (Lipinski definition) is 0. The Hall–Kier alpha value is -1.95. The molecule has 2 rings (SSSR count). The van der Waals surface area contributed by atoms with Crippen molar-refractivity contribution in [3.05, 3.63) is 52.4 Å². The molecule has 0 amide bonds. The summed E-state index contributed by atoms with van der Waals surface area (Å²) in [5, 5.41) is 18.0. The standard InChI is InChI=1S/C12H6N2OS2/c13-7-10-6-11(8-14)17(16-15)12(10)9-4-2-1-3-5-9/h1-6H.